The summed E-state index contributed by atoms with van der Waals surface area (Å²) in [6.45, 7) is 0.0495. The monoisotopic (exact) mass is 640 g/mol. The van der Waals surface area contributed by atoms with Crippen LogP contribution in [-0.4, -0.2) is 57.2 Å². The lowest BCUT2D eigenvalue weighted by atomic mass is 9.95. The first kappa shape index (κ1) is 32.2. The van der Waals surface area contributed by atoms with Crippen molar-refractivity contribution >= 4 is 28.4 Å². The molecule has 1 heterocycles. The van der Waals surface area contributed by atoms with Gasteiger partial charge >= 0.3 is 11.9 Å². The zero-order chi connectivity index (χ0) is 33.8. The van der Waals surface area contributed by atoms with Crippen molar-refractivity contribution in [3.8, 4) is 45.6 Å². The molecular formula is C35H32N2O10. The van der Waals surface area contributed by atoms with Crippen LogP contribution in [0, 0.1) is 0 Å². The largest absolute Gasteiger partial charge is 0.493 e. The normalized spacial score (nSPS) is 10.7. The highest BCUT2D eigenvalue weighted by molar-refractivity contribution is 6.08. The van der Waals surface area contributed by atoms with Crippen molar-refractivity contribution in [1.29, 1.82) is 0 Å². The highest BCUT2D eigenvalue weighted by atomic mass is 16.5. The number of nitrogen functional groups attached to an aromatic ring is 1. The van der Waals surface area contributed by atoms with E-state index in [-0.39, 0.29) is 34.7 Å². The number of carboxylic acids is 1. The first-order chi connectivity index (χ1) is 22.6. The number of ether oxygens (including phenoxy) is 6. The number of methoxy groups -OCH3 is 5. The number of nitrogens with zero attached hydrogens (tertiary/aromatic N) is 1. The quantitative estimate of drug-likeness (QED) is 0.142. The van der Waals surface area contributed by atoms with Crippen LogP contribution in [0.15, 0.2) is 77.6 Å². The van der Waals surface area contributed by atoms with Crippen molar-refractivity contribution in [2.24, 2.45) is 0 Å². The molecule has 0 aliphatic heterocycles. The van der Waals surface area contributed by atoms with E-state index >= 15 is 0 Å². The third-order valence-corrected chi connectivity index (χ3v) is 7.55. The molecule has 0 saturated carbocycles. The summed E-state index contributed by atoms with van der Waals surface area (Å²) in [7, 11) is 7.09. The predicted octanol–water partition coefficient (Wildman–Crippen LogP) is 5.34. The lowest BCUT2D eigenvalue weighted by molar-refractivity contribution is 0.0590. The van der Waals surface area contributed by atoms with Crippen LogP contribution >= 0.6 is 0 Å². The lowest BCUT2D eigenvalue weighted by Gasteiger charge is -2.21. The van der Waals surface area contributed by atoms with Gasteiger partial charge in [-0.15, -0.1) is 0 Å². The van der Waals surface area contributed by atoms with E-state index in [9.17, 15) is 19.5 Å². The number of benzene rings is 4. The van der Waals surface area contributed by atoms with E-state index in [1.807, 2.05) is 0 Å². The zero-order valence-corrected chi connectivity index (χ0v) is 26.3. The molecular weight excluding hydrogens is 608 g/mol. The second kappa shape index (κ2) is 13.4. The standard InChI is InChI=1S/C35H32N2O10/c1-42-26-16-24-25(17-27(26)47-18-19-6-8-20(9-7-19)34(39)40)33(38)37(23-12-10-22(36)11-13-23)31(35(41)46-5)30(24)21-14-28(43-2)32(45-4)29(15-21)44-3/h6-17H,18,36H2,1-5H3,(H,39,40). The molecule has 3 N–H and O–H groups in total. The topological polar surface area (TPSA) is 158 Å². The summed E-state index contributed by atoms with van der Waals surface area (Å²) < 4.78 is 35.0. The minimum absolute atomic E-state index is 0.0495. The van der Waals surface area contributed by atoms with Crippen LogP contribution in [0.5, 0.6) is 28.7 Å². The van der Waals surface area contributed by atoms with Gasteiger partial charge < -0.3 is 39.3 Å². The zero-order valence-electron chi connectivity index (χ0n) is 26.3. The summed E-state index contributed by atoms with van der Waals surface area (Å²) in [6, 6.07) is 19.2. The van der Waals surface area contributed by atoms with Crippen LogP contribution in [0.2, 0.25) is 0 Å². The molecule has 12 nitrogen and oxygen atoms in total. The van der Waals surface area contributed by atoms with Crippen molar-refractivity contribution in [2.45, 2.75) is 6.61 Å². The minimum atomic E-state index is -1.04. The molecule has 5 rings (SSSR count). The van der Waals surface area contributed by atoms with Gasteiger partial charge in [-0.05, 0) is 71.8 Å². The second-order valence-electron chi connectivity index (χ2n) is 10.2. The van der Waals surface area contributed by atoms with E-state index in [2.05, 4.69) is 0 Å². The number of hydrogen-bond donors (Lipinski definition) is 2. The fraction of sp³-hybridized carbons (Fsp3) is 0.171. The first-order valence-corrected chi connectivity index (χ1v) is 14.2. The summed E-state index contributed by atoms with van der Waals surface area (Å²) >= 11 is 0. The molecule has 0 aliphatic carbocycles. The minimum Gasteiger partial charge on any atom is -0.493 e. The third kappa shape index (κ3) is 6.08. The maximum atomic E-state index is 14.4. The summed E-state index contributed by atoms with van der Waals surface area (Å²) in [5.41, 5.74) is 7.75. The molecule has 47 heavy (non-hydrogen) atoms. The summed E-state index contributed by atoms with van der Waals surface area (Å²) in [4.78, 5) is 39.3. The molecule has 0 atom stereocenters. The van der Waals surface area contributed by atoms with Crippen LogP contribution < -0.4 is 35.0 Å². The van der Waals surface area contributed by atoms with Crippen LogP contribution in [0.25, 0.3) is 27.6 Å². The van der Waals surface area contributed by atoms with Gasteiger partial charge in [0.05, 0.1) is 46.5 Å². The summed E-state index contributed by atoms with van der Waals surface area (Å²) in [5, 5.41) is 9.76. The van der Waals surface area contributed by atoms with E-state index in [1.54, 1.807) is 60.7 Å². The summed E-state index contributed by atoms with van der Waals surface area (Å²) in [5.74, 6) is -0.347. The van der Waals surface area contributed by atoms with Crippen LogP contribution in [0.1, 0.15) is 26.4 Å². The molecule has 0 saturated heterocycles. The smallest absolute Gasteiger partial charge is 0.355 e. The van der Waals surface area contributed by atoms with E-state index in [0.717, 1.165) is 0 Å². The first-order valence-electron chi connectivity index (χ1n) is 14.2. The van der Waals surface area contributed by atoms with Crippen LogP contribution in [0.4, 0.5) is 5.69 Å². The van der Waals surface area contributed by atoms with Crippen molar-refractivity contribution in [3.05, 3.63) is 100.0 Å². The Labute approximate surface area is 269 Å². The number of aromatic carboxylic acids is 1. The summed E-state index contributed by atoms with van der Waals surface area (Å²) in [6.07, 6.45) is 0. The number of aromatic nitrogens is 1. The number of fused-ring (bicyclic) bond motifs is 1. The van der Waals surface area contributed by atoms with E-state index in [1.165, 1.54) is 52.2 Å². The molecule has 0 unspecified atom stereocenters. The molecule has 4 aromatic carbocycles. The van der Waals surface area contributed by atoms with Crippen LogP contribution in [0.3, 0.4) is 0 Å². The van der Waals surface area contributed by atoms with Gasteiger partial charge in [-0.2, -0.15) is 0 Å². The molecule has 242 valence electrons. The molecule has 0 bridgehead atoms. The van der Waals surface area contributed by atoms with Gasteiger partial charge in [0.15, 0.2) is 23.0 Å². The Morgan fingerprint density at radius 1 is 0.745 bits per heavy atom. The van der Waals surface area contributed by atoms with Crippen molar-refractivity contribution in [2.75, 3.05) is 41.3 Å². The number of anilines is 1. The number of pyridine rings is 1. The Morgan fingerprint density at radius 3 is 1.87 bits per heavy atom. The van der Waals surface area contributed by atoms with E-state index < -0.39 is 17.5 Å². The number of carbonyl (C=O) groups is 2. The Balaban J connectivity index is 1.84. The predicted molar refractivity (Wildman–Crippen MR) is 175 cm³/mol. The number of carboxylic acid groups (broad SMARTS) is 1. The number of esters is 1. The average molecular weight is 641 g/mol. The molecule has 5 aromatic rings. The van der Waals surface area contributed by atoms with Crippen molar-refractivity contribution in [3.63, 3.8) is 0 Å². The average Bonchev–Trinajstić information content (AvgIpc) is 3.09. The van der Waals surface area contributed by atoms with Gasteiger partial charge in [0.25, 0.3) is 5.56 Å². The Kier molecular flexibility index (Phi) is 9.22. The Bertz CT molecular complexity index is 2010. The molecule has 0 spiro atoms. The van der Waals surface area contributed by atoms with Crippen molar-refractivity contribution < 1.29 is 43.1 Å². The highest BCUT2D eigenvalue weighted by Crippen LogP contribution is 2.45. The number of nitrogens with two attached hydrogens (primary N) is 1. The molecule has 0 radical (unpaired) electrons. The fourth-order valence-electron chi connectivity index (χ4n) is 5.26. The van der Waals surface area contributed by atoms with Gasteiger partial charge in [0.1, 0.15) is 12.3 Å². The van der Waals surface area contributed by atoms with Crippen molar-refractivity contribution in [1.82, 2.24) is 4.57 Å². The number of carbonyl (C=O) groups excluding carboxylic acids is 1. The maximum Gasteiger partial charge on any atom is 0.355 e. The fourth-order valence-corrected chi connectivity index (χ4v) is 5.26. The number of rotatable bonds is 11. The van der Waals surface area contributed by atoms with Gasteiger partial charge in [-0.1, -0.05) is 12.1 Å². The van der Waals surface area contributed by atoms with Gasteiger partial charge in [0.2, 0.25) is 5.75 Å². The molecule has 0 aliphatic rings. The SMILES string of the molecule is COC(=O)c1c(-c2cc(OC)c(OC)c(OC)c2)c2cc(OC)c(OCc3ccc(C(=O)O)cc3)cc2c(=O)n1-c1ccc(N)cc1. The third-order valence-electron chi connectivity index (χ3n) is 7.55. The Morgan fingerprint density at radius 2 is 1.34 bits per heavy atom. The molecule has 0 fully saturated rings. The maximum absolute atomic E-state index is 14.4. The molecule has 1 aromatic heterocycles. The highest BCUT2D eigenvalue weighted by Gasteiger charge is 2.28. The van der Waals surface area contributed by atoms with Gasteiger partial charge in [0, 0.05) is 22.3 Å². The second-order valence-corrected chi connectivity index (χ2v) is 10.2. The van der Waals surface area contributed by atoms with Crippen LogP contribution in [-0.2, 0) is 11.3 Å². The van der Waals surface area contributed by atoms with Gasteiger partial charge in [-0.25, -0.2) is 9.59 Å². The van der Waals surface area contributed by atoms with E-state index in [4.69, 9.17) is 34.2 Å². The molecule has 12 heteroatoms. The molecule has 0 amide bonds. The Hall–Kier alpha value is -6.17. The van der Waals surface area contributed by atoms with Gasteiger partial charge in [-0.3, -0.25) is 9.36 Å². The lowest BCUT2D eigenvalue weighted by Crippen LogP contribution is -2.27. The van der Waals surface area contributed by atoms with E-state index in [0.29, 0.717) is 50.7 Å². The number of hydrogen-bond acceptors (Lipinski definition) is 10.